The summed E-state index contributed by atoms with van der Waals surface area (Å²) in [6.45, 7) is 13.8. The molecule has 12 heteroatoms. The number of aryl methyl sites for hydroxylation is 2. The van der Waals surface area contributed by atoms with Crippen molar-refractivity contribution in [3.8, 4) is 22.9 Å². The van der Waals surface area contributed by atoms with Crippen molar-refractivity contribution < 1.29 is 27.8 Å². The Balaban J connectivity index is 1.60. The Morgan fingerprint density at radius 2 is 1.71 bits per heavy atom. The fraction of sp³-hybridized carbons (Fsp3) is 0.389. The number of aromatic nitrogens is 3. The predicted molar refractivity (Wildman–Crippen MR) is 183 cm³/mol. The van der Waals surface area contributed by atoms with Crippen molar-refractivity contribution >= 4 is 21.9 Å². The molecule has 2 aromatic carbocycles. The molecule has 11 nitrogen and oxygen atoms in total. The lowest BCUT2D eigenvalue weighted by Gasteiger charge is -2.35. The molecule has 5 rings (SSSR count). The number of sulfonamides is 1. The fourth-order valence-electron chi connectivity index (χ4n) is 5.57. The Hall–Kier alpha value is -4.55. The van der Waals surface area contributed by atoms with Gasteiger partial charge in [-0.3, -0.25) is 9.78 Å². The lowest BCUT2D eigenvalue weighted by Crippen LogP contribution is -2.45. The van der Waals surface area contributed by atoms with Gasteiger partial charge in [-0.25, -0.2) is 18.1 Å². The van der Waals surface area contributed by atoms with Crippen LogP contribution < -0.4 is 14.2 Å². The van der Waals surface area contributed by atoms with Gasteiger partial charge in [0.25, 0.3) is 15.9 Å². The Kier molecular flexibility index (Phi) is 9.79. The van der Waals surface area contributed by atoms with Gasteiger partial charge in [0.2, 0.25) is 11.8 Å². The number of hydrogen-bond acceptors (Lipinski definition) is 9. The minimum atomic E-state index is -4.19. The summed E-state index contributed by atoms with van der Waals surface area (Å²) in [5.74, 6) is 0.143. The van der Waals surface area contributed by atoms with Crippen LogP contribution in [-0.4, -0.2) is 64.1 Å². The molecule has 0 fully saturated rings. The van der Waals surface area contributed by atoms with Crippen molar-refractivity contribution in [3.63, 3.8) is 0 Å². The van der Waals surface area contributed by atoms with E-state index < -0.39 is 21.7 Å². The number of ether oxygens (including phenoxy) is 2. The van der Waals surface area contributed by atoms with E-state index in [1.807, 2.05) is 32.0 Å². The van der Waals surface area contributed by atoms with Gasteiger partial charge in [0, 0.05) is 17.2 Å². The average molecular weight is 674 g/mol. The molecule has 2 N–H and O–H groups in total. The van der Waals surface area contributed by atoms with Gasteiger partial charge in [0.15, 0.2) is 0 Å². The molecule has 48 heavy (non-hydrogen) atoms. The number of rotatable bonds is 7. The number of amides is 1. The van der Waals surface area contributed by atoms with E-state index in [1.165, 1.54) is 12.1 Å². The highest BCUT2D eigenvalue weighted by Crippen LogP contribution is 2.32. The van der Waals surface area contributed by atoms with Gasteiger partial charge in [-0.05, 0) is 81.0 Å². The zero-order chi connectivity index (χ0) is 34.9. The molecule has 0 aliphatic carbocycles. The number of aliphatic hydroxyl groups is 1. The van der Waals surface area contributed by atoms with E-state index in [-0.39, 0.29) is 53.4 Å². The second-order valence-corrected chi connectivity index (χ2v) is 15.7. The molecule has 0 unspecified atom stereocenters. The molecule has 0 radical (unpaired) electrons. The monoisotopic (exact) mass is 673 g/mol. The zero-order valence-corrected chi connectivity index (χ0v) is 29.3. The quantitative estimate of drug-likeness (QED) is 0.243. The zero-order valence-electron chi connectivity index (χ0n) is 28.4. The van der Waals surface area contributed by atoms with E-state index in [1.54, 1.807) is 55.3 Å². The molecule has 4 bridgehead atoms. The van der Waals surface area contributed by atoms with Crippen LogP contribution >= 0.6 is 0 Å². The van der Waals surface area contributed by atoms with Crippen LogP contribution in [0.2, 0.25) is 0 Å². The normalized spacial score (nSPS) is 16.5. The first kappa shape index (κ1) is 34.8. The second-order valence-electron chi connectivity index (χ2n) is 14.1. The molecule has 1 atom stereocenters. The van der Waals surface area contributed by atoms with Crippen molar-refractivity contribution in [3.05, 3.63) is 89.2 Å². The van der Waals surface area contributed by atoms with Crippen molar-refractivity contribution in [2.75, 3.05) is 17.9 Å². The molecular weight excluding hydrogens is 630 g/mol. The molecule has 0 saturated heterocycles. The van der Waals surface area contributed by atoms with Gasteiger partial charge in [0.05, 0.1) is 40.7 Å². The second kappa shape index (κ2) is 13.5. The Morgan fingerprint density at radius 1 is 1.00 bits per heavy atom. The molecule has 254 valence electrons. The summed E-state index contributed by atoms with van der Waals surface area (Å²) in [4.78, 5) is 29.5. The van der Waals surface area contributed by atoms with Crippen LogP contribution in [0.25, 0.3) is 11.3 Å². The maximum absolute atomic E-state index is 14.4. The number of nitrogens with zero attached hydrogens (tertiary/aromatic N) is 4. The predicted octanol–water partition coefficient (Wildman–Crippen LogP) is 5.95. The maximum atomic E-state index is 14.4. The van der Waals surface area contributed by atoms with Crippen LogP contribution in [0.5, 0.6) is 11.6 Å². The highest BCUT2D eigenvalue weighted by Gasteiger charge is 2.32. The molecule has 0 spiro atoms. The number of benzene rings is 2. The van der Waals surface area contributed by atoms with E-state index in [9.17, 15) is 18.3 Å². The summed E-state index contributed by atoms with van der Waals surface area (Å²) in [6.07, 6.45) is 2.11. The Morgan fingerprint density at radius 3 is 2.35 bits per heavy atom. The standard InChI is InChI=1S/C36H43N5O6S/c1-23-10-8-11-24(2)32(23)30-17-31-39-34(38-30)40-48(44,45)29-13-9-12-25(16-29)33(42)41(27(21-46-31)18-35(3,4)5)20-26-14-15-28(19-37-26)47-22-36(6,7)43/h8-17,19,27,43H,18,20-22H2,1-7H3,(H,38,39,40)/t27-/m1/s1. The van der Waals surface area contributed by atoms with Gasteiger partial charge < -0.3 is 19.5 Å². The van der Waals surface area contributed by atoms with Gasteiger partial charge >= 0.3 is 0 Å². The van der Waals surface area contributed by atoms with Crippen molar-refractivity contribution in [1.82, 2.24) is 19.9 Å². The molecule has 3 heterocycles. The van der Waals surface area contributed by atoms with E-state index >= 15 is 0 Å². The summed E-state index contributed by atoms with van der Waals surface area (Å²) < 4.78 is 41.8. The molecular formula is C36H43N5O6S. The van der Waals surface area contributed by atoms with Crippen LogP contribution in [0.15, 0.2) is 71.8 Å². The molecule has 1 aliphatic heterocycles. The first-order valence-corrected chi connectivity index (χ1v) is 17.3. The van der Waals surface area contributed by atoms with Crippen LogP contribution in [0.1, 0.15) is 68.2 Å². The number of fused-ring (bicyclic) bond motifs is 4. The first-order valence-electron chi connectivity index (χ1n) is 15.8. The van der Waals surface area contributed by atoms with E-state index in [0.717, 1.165) is 16.7 Å². The van der Waals surface area contributed by atoms with Crippen molar-refractivity contribution in [2.45, 2.75) is 78.0 Å². The van der Waals surface area contributed by atoms with Gasteiger partial charge in [-0.15, -0.1) is 0 Å². The van der Waals surface area contributed by atoms with Gasteiger partial charge in [0.1, 0.15) is 19.0 Å². The third-order valence-corrected chi connectivity index (χ3v) is 9.08. The highest BCUT2D eigenvalue weighted by atomic mass is 32.2. The van der Waals surface area contributed by atoms with Crippen LogP contribution in [0.4, 0.5) is 5.95 Å². The molecule has 0 saturated carbocycles. The third-order valence-electron chi connectivity index (χ3n) is 7.75. The number of anilines is 1. The Labute approximate surface area is 282 Å². The minimum absolute atomic E-state index is 0.0743. The average Bonchev–Trinajstić information content (AvgIpc) is 3.00. The summed E-state index contributed by atoms with van der Waals surface area (Å²) in [5, 5.41) is 10.0. The van der Waals surface area contributed by atoms with Crippen molar-refractivity contribution in [1.29, 1.82) is 0 Å². The largest absolute Gasteiger partial charge is 0.489 e. The fourth-order valence-corrected chi connectivity index (χ4v) is 6.56. The molecule has 1 aliphatic rings. The lowest BCUT2D eigenvalue weighted by molar-refractivity contribution is 0.0283. The van der Waals surface area contributed by atoms with E-state index in [0.29, 0.717) is 23.6 Å². The van der Waals surface area contributed by atoms with Crippen LogP contribution in [0, 0.1) is 19.3 Å². The molecule has 2 aromatic heterocycles. The van der Waals surface area contributed by atoms with Crippen LogP contribution in [-0.2, 0) is 16.6 Å². The molecule has 1 amide bonds. The topological polar surface area (TPSA) is 144 Å². The van der Waals surface area contributed by atoms with Gasteiger partial charge in [-0.2, -0.15) is 4.98 Å². The summed E-state index contributed by atoms with van der Waals surface area (Å²) >= 11 is 0. The number of carbonyl (C=O) groups is 1. The highest BCUT2D eigenvalue weighted by molar-refractivity contribution is 7.92. The maximum Gasteiger partial charge on any atom is 0.264 e. The van der Waals surface area contributed by atoms with E-state index in [2.05, 4.69) is 40.4 Å². The van der Waals surface area contributed by atoms with E-state index in [4.69, 9.17) is 9.47 Å². The smallest absolute Gasteiger partial charge is 0.264 e. The SMILES string of the molecule is Cc1cccc(C)c1-c1cc2nc(n1)NS(=O)(=O)c1cccc(c1)C(=O)N(Cc1ccc(OCC(C)(C)O)cn1)[C@H](CC(C)(C)C)CO2. The molecule has 4 aromatic rings. The first-order chi connectivity index (χ1) is 22.5. The summed E-state index contributed by atoms with van der Waals surface area (Å²) in [7, 11) is -4.19. The number of hydrogen-bond donors (Lipinski definition) is 2. The summed E-state index contributed by atoms with van der Waals surface area (Å²) in [5.41, 5.74) is 2.85. The minimum Gasteiger partial charge on any atom is -0.489 e. The number of carbonyl (C=O) groups excluding carboxylic acids is 1. The van der Waals surface area contributed by atoms with Crippen molar-refractivity contribution in [2.24, 2.45) is 5.41 Å². The Bertz CT molecular complexity index is 1880. The third kappa shape index (κ3) is 8.67. The summed E-state index contributed by atoms with van der Waals surface area (Å²) in [6, 6.07) is 16.6. The van der Waals surface area contributed by atoms with Crippen LogP contribution in [0.3, 0.4) is 0 Å². The van der Waals surface area contributed by atoms with Gasteiger partial charge in [-0.1, -0.05) is 45.0 Å². The number of pyridine rings is 1. The lowest BCUT2D eigenvalue weighted by atomic mass is 9.87. The number of nitrogens with one attached hydrogen (secondary N) is 1.